The van der Waals surface area contributed by atoms with Crippen molar-refractivity contribution >= 4 is 5.91 Å². The molecule has 2 aliphatic rings. The van der Waals surface area contributed by atoms with Gasteiger partial charge in [0.2, 0.25) is 5.91 Å². The molecule has 0 radical (unpaired) electrons. The predicted molar refractivity (Wildman–Crippen MR) is 70.2 cm³/mol. The summed E-state index contributed by atoms with van der Waals surface area (Å²) in [5.74, 6) is 0.385. The van der Waals surface area contributed by atoms with Crippen molar-refractivity contribution in [1.29, 1.82) is 0 Å². The summed E-state index contributed by atoms with van der Waals surface area (Å²) in [6.07, 6.45) is 2.48. The summed E-state index contributed by atoms with van der Waals surface area (Å²) in [6.45, 7) is 2.58. The van der Waals surface area contributed by atoms with Gasteiger partial charge in [-0.3, -0.25) is 9.69 Å². The fraction of sp³-hybridized carbons (Fsp3) is 0.786. The van der Waals surface area contributed by atoms with Crippen molar-refractivity contribution in [3.05, 3.63) is 12.2 Å². The molecule has 0 saturated carbocycles. The maximum atomic E-state index is 12.6. The zero-order valence-corrected chi connectivity index (χ0v) is 11.7. The normalized spacial score (nSPS) is 26.0. The molecule has 6 heteroatoms. The van der Waals surface area contributed by atoms with E-state index in [0.717, 1.165) is 12.8 Å². The van der Waals surface area contributed by atoms with E-state index in [0.29, 0.717) is 38.5 Å². The average molecular weight is 290 g/mol. The first-order valence-electron chi connectivity index (χ1n) is 7.13. The molecule has 0 bridgehead atoms. The minimum Gasteiger partial charge on any atom is -0.340 e. The van der Waals surface area contributed by atoms with E-state index in [4.69, 9.17) is 0 Å². The third kappa shape index (κ3) is 3.75. The van der Waals surface area contributed by atoms with E-state index in [-0.39, 0.29) is 5.91 Å². The Morgan fingerprint density at radius 1 is 1.30 bits per heavy atom. The van der Waals surface area contributed by atoms with Crippen LogP contribution >= 0.6 is 0 Å². The van der Waals surface area contributed by atoms with Gasteiger partial charge in [-0.15, -0.1) is 0 Å². The number of halogens is 3. The summed E-state index contributed by atoms with van der Waals surface area (Å²) in [5, 5.41) is 0. The van der Waals surface area contributed by atoms with Gasteiger partial charge in [0.05, 0.1) is 0 Å². The highest BCUT2D eigenvalue weighted by atomic mass is 19.4. The van der Waals surface area contributed by atoms with Crippen molar-refractivity contribution in [2.24, 2.45) is 5.92 Å². The van der Waals surface area contributed by atoms with E-state index in [2.05, 4.69) is 12.2 Å². The van der Waals surface area contributed by atoms with Crippen LogP contribution in [0.2, 0.25) is 0 Å². The Balaban J connectivity index is 1.78. The molecule has 2 atom stereocenters. The van der Waals surface area contributed by atoms with Crippen LogP contribution in [0.5, 0.6) is 0 Å². The lowest BCUT2D eigenvalue weighted by Crippen LogP contribution is -2.54. The molecule has 1 fully saturated rings. The number of carbonyl (C=O) groups excluding carboxylic acids is 1. The monoisotopic (exact) mass is 290 g/mol. The highest BCUT2D eigenvalue weighted by Gasteiger charge is 2.41. The molecular formula is C14H21F3N2O. The first-order valence-corrected chi connectivity index (χ1v) is 7.13. The van der Waals surface area contributed by atoms with Gasteiger partial charge in [-0.1, -0.05) is 12.2 Å². The minimum atomic E-state index is -4.19. The van der Waals surface area contributed by atoms with Crippen LogP contribution in [0.15, 0.2) is 12.2 Å². The summed E-state index contributed by atoms with van der Waals surface area (Å²) in [4.78, 5) is 15.2. The smallest absolute Gasteiger partial charge is 0.340 e. The van der Waals surface area contributed by atoms with Gasteiger partial charge in [0, 0.05) is 32.6 Å². The van der Waals surface area contributed by atoms with Crippen molar-refractivity contribution in [2.75, 3.05) is 26.2 Å². The van der Waals surface area contributed by atoms with Crippen molar-refractivity contribution in [3.63, 3.8) is 0 Å². The van der Waals surface area contributed by atoms with Crippen LogP contribution in [-0.4, -0.2) is 54.1 Å². The Labute approximate surface area is 117 Å². The van der Waals surface area contributed by atoms with Gasteiger partial charge < -0.3 is 4.90 Å². The van der Waals surface area contributed by atoms with Gasteiger partial charge in [0.25, 0.3) is 0 Å². The van der Waals surface area contributed by atoms with E-state index >= 15 is 0 Å². The number of hydrogen-bond donors (Lipinski definition) is 0. The minimum absolute atomic E-state index is 0.0702. The second-order valence-electron chi connectivity index (χ2n) is 5.60. The van der Waals surface area contributed by atoms with Gasteiger partial charge in [-0.2, -0.15) is 13.2 Å². The molecule has 3 nitrogen and oxygen atoms in total. The largest absolute Gasteiger partial charge is 0.403 e. The van der Waals surface area contributed by atoms with E-state index in [1.54, 1.807) is 4.90 Å². The summed E-state index contributed by atoms with van der Waals surface area (Å²) in [7, 11) is 0. The molecule has 0 N–H and O–H groups in total. The van der Waals surface area contributed by atoms with Crippen LogP contribution in [0.3, 0.4) is 0 Å². The summed E-state index contributed by atoms with van der Waals surface area (Å²) < 4.78 is 37.9. The predicted octanol–water partition coefficient (Wildman–Crippen LogP) is 2.44. The number of rotatable bonds is 3. The van der Waals surface area contributed by atoms with E-state index in [9.17, 15) is 18.0 Å². The van der Waals surface area contributed by atoms with Crippen LogP contribution in [0.4, 0.5) is 13.2 Å². The Bertz CT molecular complexity index is 373. The fourth-order valence-corrected chi connectivity index (χ4v) is 2.78. The zero-order chi connectivity index (χ0) is 14.8. The second kappa shape index (κ2) is 6.16. The Kier molecular flexibility index (Phi) is 4.73. The number of allylic oxidation sites excluding steroid dienone is 2. The zero-order valence-electron chi connectivity index (χ0n) is 11.7. The highest BCUT2D eigenvalue weighted by molar-refractivity contribution is 5.76. The van der Waals surface area contributed by atoms with Gasteiger partial charge in [-0.25, -0.2) is 0 Å². The van der Waals surface area contributed by atoms with Crippen LogP contribution in [0.25, 0.3) is 0 Å². The maximum Gasteiger partial charge on any atom is 0.403 e. The highest BCUT2D eigenvalue weighted by Crippen LogP contribution is 2.26. The molecule has 1 heterocycles. The molecule has 0 aromatic carbocycles. The molecule has 1 saturated heterocycles. The summed E-state index contributed by atoms with van der Waals surface area (Å²) in [6, 6.07) is -1.43. The SMILES string of the molecule is C[C@H](N1CCN(C(=O)C[C@H]2C=CCC2)CC1)C(F)(F)F. The Morgan fingerprint density at radius 2 is 1.95 bits per heavy atom. The molecule has 1 amide bonds. The molecule has 20 heavy (non-hydrogen) atoms. The number of nitrogens with zero attached hydrogens (tertiary/aromatic N) is 2. The standard InChI is InChI=1S/C14H21F3N2O/c1-11(14(15,16)17)18-6-8-19(9-7-18)13(20)10-12-4-2-3-5-12/h2,4,11-12H,3,5-10H2,1H3/t11-,12-/m0/s1. The number of amides is 1. The molecule has 1 aliphatic carbocycles. The number of piperazine rings is 1. The van der Waals surface area contributed by atoms with Gasteiger partial charge in [0.15, 0.2) is 0 Å². The summed E-state index contributed by atoms with van der Waals surface area (Å²) in [5.41, 5.74) is 0. The van der Waals surface area contributed by atoms with Crippen molar-refractivity contribution in [3.8, 4) is 0 Å². The quantitative estimate of drug-likeness (QED) is 0.745. The lowest BCUT2D eigenvalue weighted by Gasteiger charge is -2.38. The molecule has 2 rings (SSSR count). The number of alkyl halides is 3. The average Bonchev–Trinajstić information content (AvgIpc) is 2.90. The Hall–Kier alpha value is -1.04. The number of hydrogen-bond acceptors (Lipinski definition) is 2. The van der Waals surface area contributed by atoms with Crippen LogP contribution in [0.1, 0.15) is 26.2 Å². The third-order valence-electron chi connectivity index (χ3n) is 4.24. The first-order chi connectivity index (χ1) is 9.38. The molecule has 0 aromatic rings. The van der Waals surface area contributed by atoms with Crippen LogP contribution in [-0.2, 0) is 4.79 Å². The third-order valence-corrected chi connectivity index (χ3v) is 4.24. The molecule has 0 spiro atoms. The molecule has 0 aromatic heterocycles. The van der Waals surface area contributed by atoms with E-state index in [1.807, 2.05) is 0 Å². The van der Waals surface area contributed by atoms with E-state index in [1.165, 1.54) is 11.8 Å². The second-order valence-corrected chi connectivity index (χ2v) is 5.60. The molecule has 114 valence electrons. The first kappa shape index (κ1) is 15.4. The Morgan fingerprint density at radius 3 is 2.45 bits per heavy atom. The maximum absolute atomic E-state index is 12.6. The lowest BCUT2D eigenvalue weighted by atomic mass is 10.0. The topological polar surface area (TPSA) is 23.6 Å². The van der Waals surface area contributed by atoms with Crippen molar-refractivity contribution in [2.45, 2.75) is 38.4 Å². The van der Waals surface area contributed by atoms with Crippen LogP contribution in [0, 0.1) is 5.92 Å². The lowest BCUT2D eigenvalue weighted by molar-refractivity contribution is -0.183. The van der Waals surface area contributed by atoms with Gasteiger partial charge in [0.1, 0.15) is 6.04 Å². The van der Waals surface area contributed by atoms with Crippen molar-refractivity contribution in [1.82, 2.24) is 9.80 Å². The molecule has 1 aliphatic heterocycles. The molecular weight excluding hydrogens is 269 g/mol. The molecule has 0 unspecified atom stereocenters. The van der Waals surface area contributed by atoms with Crippen LogP contribution < -0.4 is 0 Å². The van der Waals surface area contributed by atoms with Crippen molar-refractivity contribution < 1.29 is 18.0 Å². The summed E-state index contributed by atoms with van der Waals surface area (Å²) >= 11 is 0. The number of carbonyl (C=O) groups is 1. The van der Waals surface area contributed by atoms with E-state index < -0.39 is 12.2 Å². The van der Waals surface area contributed by atoms with Gasteiger partial charge in [-0.05, 0) is 25.7 Å². The van der Waals surface area contributed by atoms with Gasteiger partial charge >= 0.3 is 6.18 Å². The fourth-order valence-electron chi connectivity index (χ4n) is 2.78.